The molecule has 2 rings (SSSR count). The number of carboxylic acid groups (broad SMARTS) is 1. The number of anilines is 1. The normalized spacial score (nSPS) is 10.3. The van der Waals surface area contributed by atoms with E-state index in [-0.39, 0.29) is 5.76 Å². The van der Waals surface area contributed by atoms with Gasteiger partial charge in [0.25, 0.3) is 0 Å². The quantitative estimate of drug-likeness (QED) is 0.904. The number of aromatic carboxylic acids is 1. The van der Waals surface area contributed by atoms with Crippen molar-refractivity contribution >= 4 is 27.6 Å². The Hall–Kier alpha value is -1.75. The smallest absolute Gasteiger partial charge is 0.372 e. The minimum Gasteiger partial charge on any atom is -0.475 e. The van der Waals surface area contributed by atoms with E-state index in [1.165, 1.54) is 6.26 Å². The highest BCUT2D eigenvalue weighted by molar-refractivity contribution is 9.10. The van der Waals surface area contributed by atoms with Gasteiger partial charge >= 0.3 is 5.97 Å². The number of hydrogen-bond acceptors (Lipinski definition) is 3. The molecule has 0 atom stereocenters. The van der Waals surface area contributed by atoms with E-state index in [1.54, 1.807) is 6.07 Å². The van der Waals surface area contributed by atoms with Crippen LogP contribution in [0, 0.1) is 6.92 Å². The predicted molar refractivity (Wildman–Crippen MR) is 71.9 cm³/mol. The molecule has 2 aromatic rings. The van der Waals surface area contributed by atoms with E-state index in [0.29, 0.717) is 12.1 Å². The van der Waals surface area contributed by atoms with Gasteiger partial charge in [0.05, 0.1) is 6.26 Å². The summed E-state index contributed by atoms with van der Waals surface area (Å²) in [5.74, 6) is -1.07. The fourth-order valence-electron chi connectivity index (χ4n) is 1.68. The van der Waals surface area contributed by atoms with Crippen LogP contribution in [0.4, 0.5) is 5.69 Å². The Labute approximate surface area is 113 Å². The van der Waals surface area contributed by atoms with Crippen molar-refractivity contribution in [2.75, 3.05) is 5.32 Å². The van der Waals surface area contributed by atoms with Crippen molar-refractivity contribution in [1.29, 1.82) is 0 Å². The molecular weight excluding hydrogens is 298 g/mol. The SMILES string of the molecule is Cc1cc(Br)ccc1NCc1ccoc1C(=O)O. The summed E-state index contributed by atoms with van der Waals surface area (Å²) in [6.07, 6.45) is 1.38. The Balaban J connectivity index is 2.11. The molecule has 0 fully saturated rings. The first-order valence-corrected chi connectivity index (χ1v) is 6.17. The van der Waals surface area contributed by atoms with Crippen LogP contribution in [-0.4, -0.2) is 11.1 Å². The molecule has 0 aliphatic rings. The maximum Gasteiger partial charge on any atom is 0.372 e. The van der Waals surface area contributed by atoms with Gasteiger partial charge in [0.1, 0.15) is 0 Å². The summed E-state index contributed by atoms with van der Waals surface area (Å²) in [4.78, 5) is 10.9. The van der Waals surface area contributed by atoms with Crippen molar-refractivity contribution in [1.82, 2.24) is 0 Å². The van der Waals surface area contributed by atoms with Crippen molar-refractivity contribution in [2.24, 2.45) is 0 Å². The fourth-order valence-corrected chi connectivity index (χ4v) is 2.15. The molecule has 0 spiro atoms. The first-order valence-electron chi connectivity index (χ1n) is 5.37. The third-order valence-corrected chi connectivity index (χ3v) is 3.09. The number of hydrogen-bond donors (Lipinski definition) is 2. The largest absolute Gasteiger partial charge is 0.475 e. The molecule has 0 radical (unpaired) electrons. The summed E-state index contributed by atoms with van der Waals surface area (Å²) in [7, 11) is 0. The number of nitrogens with one attached hydrogen (secondary N) is 1. The second-order valence-corrected chi connectivity index (χ2v) is 4.81. The Morgan fingerprint density at radius 1 is 1.44 bits per heavy atom. The Bertz CT molecular complexity index is 577. The lowest BCUT2D eigenvalue weighted by molar-refractivity contribution is 0.0661. The van der Waals surface area contributed by atoms with Crippen LogP contribution in [0.2, 0.25) is 0 Å². The Morgan fingerprint density at radius 2 is 2.22 bits per heavy atom. The topological polar surface area (TPSA) is 62.5 Å². The summed E-state index contributed by atoms with van der Waals surface area (Å²) in [6.45, 7) is 2.40. The summed E-state index contributed by atoms with van der Waals surface area (Å²) >= 11 is 3.40. The van der Waals surface area contributed by atoms with Crippen molar-refractivity contribution in [3.8, 4) is 0 Å². The number of furan rings is 1. The lowest BCUT2D eigenvalue weighted by Gasteiger charge is -2.09. The summed E-state index contributed by atoms with van der Waals surface area (Å²) in [6, 6.07) is 7.53. The van der Waals surface area contributed by atoms with E-state index in [0.717, 1.165) is 15.7 Å². The number of benzene rings is 1. The summed E-state index contributed by atoms with van der Waals surface area (Å²) in [5, 5.41) is 12.1. The molecule has 0 amide bonds. The van der Waals surface area contributed by atoms with Crippen LogP contribution in [0.25, 0.3) is 0 Å². The maximum absolute atomic E-state index is 10.9. The molecule has 1 aromatic heterocycles. The van der Waals surface area contributed by atoms with Gasteiger partial charge in [-0.15, -0.1) is 0 Å². The number of halogens is 1. The number of aryl methyl sites for hydroxylation is 1. The van der Waals surface area contributed by atoms with Crippen LogP contribution in [0.5, 0.6) is 0 Å². The molecule has 0 bridgehead atoms. The average Bonchev–Trinajstić information content (AvgIpc) is 2.76. The van der Waals surface area contributed by atoms with Crippen LogP contribution in [0.3, 0.4) is 0 Å². The van der Waals surface area contributed by atoms with E-state index in [2.05, 4.69) is 21.2 Å². The van der Waals surface area contributed by atoms with Crippen LogP contribution in [0.15, 0.2) is 39.4 Å². The first kappa shape index (κ1) is 12.7. The van der Waals surface area contributed by atoms with Gasteiger partial charge in [0, 0.05) is 22.3 Å². The minimum atomic E-state index is -1.05. The zero-order valence-corrected chi connectivity index (χ0v) is 11.3. The molecule has 0 unspecified atom stereocenters. The van der Waals surface area contributed by atoms with E-state index in [4.69, 9.17) is 9.52 Å². The second kappa shape index (κ2) is 5.27. The van der Waals surface area contributed by atoms with E-state index in [9.17, 15) is 4.79 Å². The molecule has 18 heavy (non-hydrogen) atoms. The van der Waals surface area contributed by atoms with Crippen molar-refractivity contribution in [3.63, 3.8) is 0 Å². The monoisotopic (exact) mass is 309 g/mol. The Morgan fingerprint density at radius 3 is 2.89 bits per heavy atom. The lowest BCUT2D eigenvalue weighted by atomic mass is 10.2. The predicted octanol–water partition coefficient (Wildman–Crippen LogP) is 3.66. The van der Waals surface area contributed by atoms with Crippen LogP contribution >= 0.6 is 15.9 Å². The van der Waals surface area contributed by atoms with Crippen molar-refractivity contribution in [3.05, 3.63) is 51.9 Å². The molecule has 0 saturated carbocycles. The van der Waals surface area contributed by atoms with Crippen LogP contribution in [-0.2, 0) is 6.54 Å². The molecule has 1 heterocycles. The lowest BCUT2D eigenvalue weighted by Crippen LogP contribution is -2.05. The van der Waals surface area contributed by atoms with Gasteiger partial charge in [-0.3, -0.25) is 0 Å². The third-order valence-electron chi connectivity index (χ3n) is 2.60. The van der Waals surface area contributed by atoms with Gasteiger partial charge in [0.15, 0.2) is 0 Å². The molecule has 2 N–H and O–H groups in total. The van der Waals surface area contributed by atoms with Crippen LogP contribution in [0.1, 0.15) is 21.7 Å². The van der Waals surface area contributed by atoms with Gasteiger partial charge in [-0.05, 0) is 36.8 Å². The highest BCUT2D eigenvalue weighted by Gasteiger charge is 2.13. The molecule has 5 heteroatoms. The zero-order chi connectivity index (χ0) is 13.1. The van der Waals surface area contributed by atoms with E-state index < -0.39 is 5.97 Å². The standard InChI is InChI=1S/C13H12BrNO3/c1-8-6-10(14)2-3-11(8)15-7-9-4-5-18-12(9)13(16)17/h2-6,15H,7H2,1H3,(H,16,17). The average molecular weight is 310 g/mol. The van der Waals surface area contributed by atoms with Crippen LogP contribution < -0.4 is 5.32 Å². The molecule has 0 aliphatic carbocycles. The van der Waals surface area contributed by atoms with E-state index >= 15 is 0 Å². The van der Waals surface area contributed by atoms with E-state index in [1.807, 2.05) is 25.1 Å². The zero-order valence-electron chi connectivity index (χ0n) is 9.74. The fraction of sp³-hybridized carbons (Fsp3) is 0.154. The van der Waals surface area contributed by atoms with Gasteiger partial charge in [-0.1, -0.05) is 15.9 Å². The number of rotatable bonds is 4. The first-order chi connectivity index (χ1) is 8.58. The van der Waals surface area contributed by atoms with Gasteiger partial charge in [0.2, 0.25) is 5.76 Å². The molecule has 0 aliphatic heterocycles. The van der Waals surface area contributed by atoms with Gasteiger partial charge in [-0.2, -0.15) is 0 Å². The van der Waals surface area contributed by atoms with Gasteiger partial charge in [-0.25, -0.2) is 4.79 Å². The molecule has 94 valence electrons. The number of carbonyl (C=O) groups is 1. The molecular formula is C13H12BrNO3. The van der Waals surface area contributed by atoms with Gasteiger partial charge < -0.3 is 14.8 Å². The third kappa shape index (κ3) is 2.73. The highest BCUT2D eigenvalue weighted by Crippen LogP contribution is 2.21. The van der Waals surface area contributed by atoms with Crippen molar-refractivity contribution < 1.29 is 14.3 Å². The maximum atomic E-state index is 10.9. The molecule has 4 nitrogen and oxygen atoms in total. The molecule has 0 saturated heterocycles. The second-order valence-electron chi connectivity index (χ2n) is 3.89. The van der Waals surface area contributed by atoms with Crippen molar-refractivity contribution in [2.45, 2.75) is 13.5 Å². The molecule has 1 aromatic carbocycles. The summed E-state index contributed by atoms with van der Waals surface area (Å²) < 4.78 is 5.93. The Kier molecular flexibility index (Phi) is 3.72. The number of carboxylic acids is 1. The highest BCUT2D eigenvalue weighted by atomic mass is 79.9. The minimum absolute atomic E-state index is 0.0164. The summed E-state index contributed by atoms with van der Waals surface area (Å²) in [5.41, 5.74) is 2.69.